The summed E-state index contributed by atoms with van der Waals surface area (Å²) in [6.45, 7) is 6.61. The fourth-order valence-electron chi connectivity index (χ4n) is 2.44. The third-order valence-corrected chi connectivity index (χ3v) is 3.61. The standard InChI is InChI=1S/C20H27N3O2.HI/c1-4-24-18-11-8-9-16(13-18)14-22-20(21-3)23-15-17-10-6-7-12-19(17)25-5-2;/h6-13H,4-5,14-15H2,1-3H3,(H2,21,22,23);1H. The number of ether oxygens (including phenoxy) is 2. The summed E-state index contributed by atoms with van der Waals surface area (Å²) in [4.78, 5) is 4.27. The van der Waals surface area contributed by atoms with Gasteiger partial charge in [0.1, 0.15) is 11.5 Å². The molecule has 0 atom stereocenters. The fourth-order valence-corrected chi connectivity index (χ4v) is 2.44. The van der Waals surface area contributed by atoms with Crippen molar-refractivity contribution in [1.82, 2.24) is 10.6 Å². The summed E-state index contributed by atoms with van der Waals surface area (Å²) in [5.74, 6) is 2.53. The van der Waals surface area contributed by atoms with Gasteiger partial charge in [-0.3, -0.25) is 4.99 Å². The zero-order valence-corrected chi connectivity index (χ0v) is 17.9. The molecule has 0 aliphatic heterocycles. The molecule has 0 fully saturated rings. The summed E-state index contributed by atoms with van der Waals surface area (Å²) in [6.07, 6.45) is 0. The lowest BCUT2D eigenvalue weighted by atomic mass is 10.2. The normalized spacial score (nSPS) is 10.7. The van der Waals surface area contributed by atoms with Crippen molar-refractivity contribution in [2.75, 3.05) is 20.3 Å². The average molecular weight is 469 g/mol. The van der Waals surface area contributed by atoms with Crippen molar-refractivity contribution < 1.29 is 9.47 Å². The lowest BCUT2D eigenvalue weighted by molar-refractivity contribution is 0.336. The molecule has 0 unspecified atom stereocenters. The van der Waals surface area contributed by atoms with Gasteiger partial charge in [0.25, 0.3) is 0 Å². The average Bonchev–Trinajstić information content (AvgIpc) is 2.64. The summed E-state index contributed by atoms with van der Waals surface area (Å²) in [5.41, 5.74) is 2.24. The molecule has 2 aromatic rings. The van der Waals surface area contributed by atoms with E-state index in [4.69, 9.17) is 9.47 Å². The Morgan fingerprint density at radius 1 is 0.923 bits per heavy atom. The summed E-state index contributed by atoms with van der Waals surface area (Å²) < 4.78 is 11.2. The lowest BCUT2D eigenvalue weighted by Gasteiger charge is -2.14. The Labute approximate surface area is 173 Å². The molecule has 0 aliphatic carbocycles. The highest BCUT2D eigenvalue weighted by Crippen LogP contribution is 2.17. The van der Waals surface area contributed by atoms with E-state index in [1.54, 1.807) is 7.05 Å². The second-order valence-corrected chi connectivity index (χ2v) is 5.40. The molecule has 0 bridgehead atoms. The molecule has 0 saturated heterocycles. The largest absolute Gasteiger partial charge is 0.494 e. The van der Waals surface area contributed by atoms with Gasteiger partial charge in [-0.05, 0) is 37.6 Å². The van der Waals surface area contributed by atoms with Crippen LogP contribution in [-0.2, 0) is 13.1 Å². The van der Waals surface area contributed by atoms with Crippen LogP contribution in [0.1, 0.15) is 25.0 Å². The molecule has 26 heavy (non-hydrogen) atoms. The number of rotatable bonds is 8. The van der Waals surface area contributed by atoms with E-state index in [0.717, 1.165) is 28.6 Å². The Balaban J connectivity index is 0.00000338. The quantitative estimate of drug-likeness (QED) is 0.349. The van der Waals surface area contributed by atoms with Crippen LogP contribution in [0, 0.1) is 0 Å². The van der Waals surface area contributed by atoms with E-state index in [0.29, 0.717) is 26.3 Å². The molecule has 5 nitrogen and oxygen atoms in total. The maximum Gasteiger partial charge on any atom is 0.191 e. The summed E-state index contributed by atoms with van der Waals surface area (Å²) in [5, 5.41) is 6.64. The highest BCUT2D eigenvalue weighted by atomic mass is 127. The Bertz CT molecular complexity index is 692. The molecule has 0 saturated carbocycles. The minimum absolute atomic E-state index is 0. The molecule has 142 valence electrons. The fraction of sp³-hybridized carbons (Fsp3) is 0.350. The molecule has 0 heterocycles. The maximum absolute atomic E-state index is 5.65. The SMILES string of the molecule is CCOc1cccc(CNC(=NC)NCc2ccccc2OCC)c1.I. The van der Waals surface area contributed by atoms with Gasteiger partial charge < -0.3 is 20.1 Å². The Morgan fingerprint density at radius 3 is 2.38 bits per heavy atom. The molecule has 2 rings (SSSR count). The van der Waals surface area contributed by atoms with Crippen LogP contribution in [0.5, 0.6) is 11.5 Å². The second-order valence-electron chi connectivity index (χ2n) is 5.40. The monoisotopic (exact) mass is 469 g/mol. The molecular weight excluding hydrogens is 441 g/mol. The van der Waals surface area contributed by atoms with Crippen LogP contribution in [0.3, 0.4) is 0 Å². The van der Waals surface area contributed by atoms with Crippen molar-refractivity contribution in [2.24, 2.45) is 4.99 Å². The van der Waals surface area contributed by atoms with Crippen molar-refractivity contribution in [2.45, 2.75) is 26.9 Å². The van der Waals surface area contributed by atoms with E-state index in [2.05, 4.69) is 27.8 Å². The van der Waals surface area contributed by atoms with Gasteiger partial charge in [0.2, 0.25) is 0 Å². The number of guanidine groups is 1. The third-order valence-electron chi connectivity index (χ3n) is 3.61. The minimum atomic E-state index is 0. The van der Waals surface area contributed by atoms with Crippen LogP contribution in [0.25, 0.3) is 0 Å². The molecule has 0 radical (unpaired) electrons. The van der Waals surface area contributed by atoms with Crippen molar-refractivity contribution in [3.8, 4) is 11.5 Å². The topological polar surface area (TPSA) is 54.9 Å². The molecule has 0 aliphatic rings. The van der Waals surface area contributed by atoms with E-state index >= 15 is 0 Å². The number of para-hydroxylation sites is 1. The Hall–Kier alpha value is -1.96. The van der Waals surface area contributed by atoms with Gasteiger partial charge in [-0.2, -0.15) is 0 Å². The highest BCUT2D eigenvalue weighted by Gasteiger charge is 2.04. The van der Waals surface area contributed by atoms with Crippen LogP contribution >= 0.6 is 24.0 Å². The molecule has 2 aromatic carbocycles. The number of nitrogens with one attached hydrogen (secondary N) is 2. The van der Waals surface area contributed by atoms with Crippen molar-refractivity contribution >= 4 is 29.9 Å². The van der Waals surface area contributed by atoms with Crippen LogP contribution in [0.2, 0.25) is 0 Å². The van der Waals surface area contributed by atoms with Crippen molar-refractivity contribution in [1.29, 1.82) is 0 Å². The number of hydrogen-bond acceptors (Lipinski definition) is 3. The Morgan fingerprint density at radius 2 is 1.65 bits per heavy atom. The molecule has 6 heteroatoms. The van der Waals surface area contributed by atoms with E-state index in [1.165, 1.54) is 0 Å². The second kappa shape index (κ2) is 12.4. The van der Waals surface area contributed by atoms with Crippen molar-refractivity contribution in [3.05, 3.63) is 59.7 Å². The number of hydrogen-bond donors (Lipinski definition) is 2. The molecule has 0 spiro atoms. The number of nitrogens with zero attached hydrogens (tertiary/aromatic N) is 1. The first-order valence-electron chi connectivity index (χ1n) is 8.63. The summed E-state index contributed by atoms with van der Waals surface area (Å²) >= 11 is 0. The first-order valence-corrected chi connectivity index (χ1v) is 8.63. The van der Waals surface area contributed by atoms with Gasteiger partial charge in [0.15, 0.2) is 5.96 Å². The lowest BCUT2D eigenvalue weighted by Crippen LogP contribution is -2.36. The predicted molar refractivity (Wildman–Crippen MR) is 118 cm³/mol. The predicted octanol–water partition coefficient (Wildman–Crippen LogP) is 3.97. The zero-order valence-electron chi connectivity index (χ0n) is 15.6. The van der Waals surface area contributed by atoms with E-state index in [-0.39, 0.29) is 24.0 Å². The van der Waals surface area contributed by atoms with Crippen molar-refractivity contribution in [3.63, 3.8) is 0 Å². The third kappa shape index (κ3) is 7.11. The van der Waals surface area contributed by atoms with E-state index in [1.807, 2.05) is 50.2 Å². The number of aliphatic imine (C=N–C) groups is 1. The van der Waals surface area contributed by atoms with Crippen LogP contribution in [0.15, 0.2) is 53.5 Å². The van der Waals surface area contributed by atoms with Gasteiger partial charge >= 0.3 is 0 Å². The molecular formula is C20H28IN3O2. The Kier molecular flexibility index (Phi) is 10.5. The van der Waals surface area contributed by atoms with Gasteiger partial charge in [0.05, 0.1) is 13.2 Å². The molecule has 2 N–H and O–H groups in total. The van der Waals surface area contributed by atoms with E-state index < -0.39 is 0 Å². The maximum atomic E-state index is 5.65. The first-order chi connectivity index (χ1) is 12.3. The number of benzene rings is 2. The minimum Gasteiger partial charge on any atom is -0.494 e. The van der Waals surface area contributed by atoms with Gasteiger partial charge in [-0.1, -0.05) is 30.3 Å². The van der Waals surface area contributed by atoms with Crippen LogP contribution in [-0.4, -0.2) is 26.2 Å². The first kappa shape index (κ1) is 22.1. The summed E-state index contributed by atoms with van der Waals surface area (Å²) in [7, 11) is 1.76. The van der Waals surface area contributed by atoms with Gasteiger partial charge in [-0.25, -0.2) is 0 Å². The molecule has 0 amide bonds. The number of halogens is 1. The highest BCUT2D eigenvalue weighted by molar-refractivity contribution is 14.0. The van der Waals surface area contributed by atoms with Crippen LogP contribution in [0.4, 0.5) is 0 Å². The summed E-state index contributed by atoms with van der Waals surface area (Å²) in [6, 6.07) is 16.1. The smallest absolute Gasteiger partial charge is 0.191 e. The van der Waals surface area contributed by atoms with Gasteiger partial charge in [-0.15, -0.1) is 24.0 Å². The zero-order chi connectivity index (χ0) is 17.9. The molecule has 0 aromatic heterocycles. The van der Waals surface area contributed by atoms with Gasteiger partial charge in [0, 0.05) is 25.7 Å². The van der Waals surface area contributed by atoms with E-state index in [9.17, 15) is 0 Å². The van der Waals surface area contributed by atoms with Crippen LogP contribution < -0.4 is 20.1 Å².